The van der Waals surface area contributed by atoms with Crippen LogP contribution < -0.4 is 0 Å². The van der Waals surface area contributed by atoms with Crippen molar-refractivity contribution in [2.24, 2.45) is 0 Å². The van der Waals surface area contributed by atoms with E-state index in [1.807, 2.05) is 0 Å². The van der Waals surface area contributed by atoms with Crippen LogP contribution >= 0.6 is 22.6 Å². The number of hydrogen-bond acceptors (Lipinski definition) is 3. The van der Waals surface area contributed by atoms with Gasteiger partial charge in [0.1, 0.15) is 3.70 Å². The van der Waals surface area contributed by atoms with E-state index in [0.717, 1.165) is 7.11 Å². The highest BCUT2D eigenvalue weighted by Crippen LogP contribution is 2.26. The number of nitrogens with zero attached hydrogens (tertiary/aromatic N) is 1. The third-order valence-corrected chi connectivity index (χ3v) is 2.40. The largest absolute Gasteiger partial charge is 0.469 e. The van der Waals surface area contributed by atoms with Crippen LogP contribution in [0, 0.1) is 9.65 Å². The summed E-state index contributed by atoms with van der Waals surface area (Å²) >= 11 is 1.68. The highest BCUT2D eigenvalue weighted by molar-refractivity contribution is 14.1. The number of alkyl halides is 2. The van der Waals surface area contributed by atoms with E-state index < -0.39 is 30.3 Å². The van der Waals surface area contributed by atoms with Crippen molar-refractivity contribution in [3.8, 4) is 0 Å². The van der Waals surface area contributed by atoms with Gasteiger partial charge < -0.3 is 4.74 Å². The molecule has 0 fully saturated rings. The van der Waals surface area contributed by atoms with Crippen LogP contribution in [0.15, 0.2) is 6.07 Å². The first-order valence-corrected chi connectivity index (χ1v) is 5.23. The van der Waals surface area contributed by atoms with Crippen LogP contribution in [-0.4, -0.2) is 18.1 Å². The van der Waals surface area contributed by atoms with E-state index in [1.54, 1.807) is 22.6 Å². The molecule has 0 aliphatic heterocycles. The Morgan fingerprint density at radius 1 is 1.62 bits per heavy atom. The predicted octanol–water partition coefficient (Wildman–Crippen LogP) is 2.48. The van der Waals surface area contributed by atoms with Crippen molar-refractivity contribution in [1.82, 2.24) is 4.98 Å². The molecule has 1 aromatic rings. The zero-order valence-corrected chi connectivity index (χ0v) is 10.3. The molecule has 0 aliphatic carbocycles. The van der Waals surface area contributed by atoms with Gasteiger partial charge >= 0.3 is 5.97 Å². The van der Waals surface area contributed by atoms with Crippen LogP contribution in [0.5, 0.6) is 0 Å². The van der Waals surface area contributed by atoms with Crippen molar-refractivity contribution in [3.05, 3.63) is 26.8 Å². The number of carbonyl (C=O) groups is 1. The first-order chi connectivity index (χ1) is 7.45. The lowest BCUT2D eigenvalue weighted by Gasteiger charge is -2.08. The summed E-state index contributed by atoms with van der Waals surface area (Å²) in [5.41, 5.74) is -0.940. The summed E-state index contributed by atoms with van der Waals surface area (Å²) in [6.07, 6.45) is -3.41. The number of halogens is 4. The topological polar surface area (TPSA) is 39.2 Å². The second kappa shape index (κ2) is 5.46. The van der Waals surface area contributed by atoms with E-state index in [-0.39, 0.29) is 9.26 Å². The van der Waals surface area contributed by atoms with Gasteiger partial charge in [-0.1, -0.05) is 0 Å². The Morgan fingerprint density at radius 2 is 2.25 bits per heavy atom. The Balaban J connectivity index is 3.18. The molecule has 0 N–H and O–H groups in total. The molecule has 0 aromatic carbocycles. The number of ether oxygens (including phenoxy) is 1. The van der Waals surface area contributed by atoms with Gasteiger partial charge in [-0.2, -0.15) is 4.39 Å². The van der Waals surface area contributed by atoms with Gasteiger partial charge in [-0.25, -0.2) is 13.8 Å². The van der Waals surface area contributed by atoms with Crippen molar-refractivity contribution in [2.75, 3.05) is 7.11 Å². The van der Waals surface area contributed by atoms with Gasteiger partial charge in [0.25, 0.3) is 6.43 Å². The maximum atomic E-state index is 13.2. The second-order valence-electron chi connectivity index (χ2n) is 2.86. The first kappa shape index (κ1) is 13.2. The minimum Gasteiger partial charge on any atom is -0.469 e. The molecule has 3 nitrogen and oxygen atoms in total. The molecule has 1 aromatic heterocycles. The molecule has 16 heavy (non-hydrogen) atoms. The molecule has 1 heterocycles. The summed E-state index contributed by atoms with van der Waals surface area (Å²) in [5.74, 6) is -1.95. The number of pyridine rings is 1. The van der Waals surface area contributed by atoms with Crippen molar-refractivity contribution < 1.29 is 22.7 Å². The van der Waals surface area contributed by atoms with Crippen molar-refractivity contribution in [1.29, 1.82) is 0 Å². The average molecular weight is 345 g/mol. The zero-order valence-electron chi connectivity index (χ0n) is 8.14. The van der Waals surface area contributed by atoms with Crippen LogP contribution in [0.25, 0.3) is 0 Å². The van der Waals surface area contributed by atoms with Gasteiger partial charge in [-0.15, -0.1) is 0 Å². The summed E-state index contributed by atoms with van der Waals surface area (Å²) in [7, 11) is 1.13. The fourth-order valence-corrected chi connectivity index (χ4v) is 1.73. The SMILES string of the molecule is COC(=O)Cc1cc(I)nc(F)c1C(F)F. The number of methoxy groups -OCH3 is 1. The van der Waals surface area contributed by atoms with Gasteiger partial charge in [-0.05, 0) is 34.2 Å². The highest BCUT2D eigenvalue weighted by Gasteiger charge is 2.22. The van der Waals surface area contributed by atoms with Crippen molar-refractivity contribution in [2.45, 2.75) is 12.8 Å². The molecule has 0 atom stereocenters. The number of hydrogen-bond donors (Lipinski definition) is 0. The van der Waals surface area contributed by atoms with Crippen LogP contribution in [0.3, 0.4) is 0 Å². The molecular weight excluding hydrogens is 338 g/mol. The summed E-state index contributed by atoms with van der Waals surface area (Å²) in [6.45, 7) is 0. The van der Waals surface area contributed by atoms with E-state index >= 15 is 0 Å². The molecular formula is C9H7F3INO2. The van der Waals surface area contributed by atoms with Crippen LogP contribution in [0.4, 0.5) is 13.2 Å². The number of esters is 1. The van der Waals surface area contributed by atoms with Gasteiger partial charge in [-0.3, -0.25) is 4.79 Å². The Morgan fingerprint density at radius 3 is 2.75 bits per heavy atom. The predicted molar refractivity (Wildman–Crippen MR) is 57.6 cm³/mol. The van der Waals surface area contributed by atoms with E-state index in [9.17, 15) is 18.0 Å². The summed E-state index contributed by atoms with van der Waals surface area (Å²) in [5, 5.41) is 0. The number of aromatic nitrogens is 1. The van der Waals surface area contributed by atoms with Crippen LogP contribution in [-0.2, 0) is 16.0 Å². The third kappa shape index (κ3) is 3.06. The lowest BCUT2D eigenvalue weighted by Crippen LogP contribution is -2.10. The summed E-state index contributed by atoms with van der Waals surface area (Å²) in [6, 6.07) is 1.24. The van der Waals surface area contributed by atoms with E-state index in [4.69, 9.17) is 0 Å². The lowest BCUT2D eigenvalue weighted by molar-refractivity contribution is -0.139. The monoisotopic (exact) mass is 345 g/mol. The van der Waals surface area contributed by atoms with Gasteiger partial charge in [0, 0.05) is 0 Å². The van der Waals surface area contributed by atoms with Crippen molar-refractivity contribution in [3.63, 3.8) is 0 Å². The minimum atomic E-state index is -3.01. The Kier molecular flexibility index (Phi) is 4.51. The molecule has 0 bridgehead atoms. The molecule has 1 rings (SSSR count). The number of carbonyl (C=O) groups excluding carboxylic acids is 1. The second-order valence-corrected chi connectivity index (χ2v) is 3.97. The Hall–Kier alpha value is -0.860. The molecule has 0 aliphatic rings. The molecule has 88 valence electrons. The number of rotatable bonds is 3. The van der Waals surface area contributed by atoms with E-state index in [2.05, 4.69) is 9.72 Å². The minimum absolute atomic E-state index is 0.0984. The Labute approximate surface area is 103 Å². The van der Waals surface area contributed by atoms with Gasteiger partial charge in [0.2, 0.25) is 5.95 Å². The molecule has 0 saturated carbocycles. The quantitative estimate of drug-likeness (QED) is 0.480. The van der Waals surface area contributed by atoms with Gasteiger partial charge in [0.05, 0.1) is 19.1 Å². The van der Waals surface area contributed by atoms with Crippen LogP contribution in [0.2, 0.25) is 0 Å². The Bertz CT molecular complexity index is 412. The standard InChI is InChI=1S/C9H7F3INO2/c1-16-6(15)3-4-2-5(13)14-9(12)7(4)8(10)11/h2,8H,3H2,1H3. The fourth-order valence-electron chi connectivity index (χ4n) is 1.14. The summed E-state index contributed by atoms with van der Waals surface area (Å²) in [4.78, 5) is 14.2. The summed E-state index contributed by atoms with van der Waals surface area (Å²) < 4.78 is 42.8. The maximum absolute atomic E-state index is 13.2. The molecule has 0 amide bonds. The third-order valence-electron chi connectivity index (χ3n) is 1.85. The molecule has 0 radical (unpaired) electrons. The van der Waals surface area contributed by atoms with E-state index in [1.165, 1.54) is 6.07 Å². The maximum Gasteiger partial charge on any atom is 0.309 e. The van der Waals surface area contributed by atoms with E-state index in [0.29, 0.717) is 0 Å². The van der Waals surface area contributed by atoms with Crippen LogP contribution in [0.1, 0.15) is 17.6 Å². The zero-order chi connectivity index (χ0) is 12.3. The molecule has 0 spiro atoms. The molecule has 0 saturated heterocycles. The first-order valence-electron chi connectivity index (χ1n) is 4.15. The average Bonchev–Trinajstić information content (AvgIpc) is 2.15. The smallest absolute Gasteiger partial charge is 0.309 e. The normalized spacial score (nSPS) is 10.6. The molecule has 0 unspecified atom stereocenters. The lowest BCUT2D eigenvalue weighted by atomic mass is 10.1. The van der Waals surface area contributed by atoms with Crippen molar-refractivity contribution >= 4 is 28.6 Å². The van der Waals surface area contributed by atoms with Gasteiger partial charge in [0.15, 0.2) is 0 Å². The molecule has 7 heteroatoms. The fraction of sp³-hybridized carbons (Fsp3) is 0.333. The highest BCUT2D eigenvalue weighted by atomic mass is 127.